The van der Waals surface area contributed by atoms with Gasteiger partial charge in [0.15, 0.2) is 0 Å². The highest BCUT2D eigenvalue weighted by Gasteiger charge is 2.50. The Morgan fingerprint density at radius 1 is 1.48 bits per heavy atom. The maximum atomic E-state index is 12.7. The van der Waals surface area contributed by atoms with E-state index in [4.69, 9.17) is 4.74 Å². The minimum atomic E-state index is 0.0544. The minimum Gasteiger partial charge on any atom is -0.374 e. The van der Waals surface area contributed by atoms with Crippen molar-refractivity contribution in [1.82, 2.24) is 20.1 Å². The van der Waals surface area contributed by atoms with Crippen LogP contribution in [0.2, 0.25) is 0 Å². The summed E-state index contributed by atoms with van der Waals surface area (Å²) in [6.45, 7) is 4.86. The molecule has 1 saturated carbocycles. The lowest BCUT2D eigenvalue weighted by Crippen LogP contribution is -2.34. The number of nitrogens with zero attached hydrogens (tertiary/aromatic N) is 4. The third-order valence-corrected chi connectivity index (χ3v) is 6.29. The molecule has 3 heterocycles. The van der Waals surface area contributed by atoms with Crippen molar-refractivity contribution in [1.29, 1.82) is 0 Å². The topological polar surface area (TPSA) is 68.2 Å². The third kappa shape index (κ3) is 3.30. The second kappa shape index (κ2) is 6.80. The van der Waals surface area contributed by atoms with Crippen molar-refractivity contribution in [2.24, 2.45) is 11.3 Å². The van der Waals surface area contributed by atoms with Crippen molar-refractivity contribution in [3.63, 3.8) is 0 Å². The van der Waals surface area contributed by atoms with E-state index >= 15 is 0 Å². The second-order valence-corrected chi connectivity index (χ2v) is 8.18. The molecule has 2 fully saturated rings. The molecule has 2 atom stereocenters. The average molecular weight is 358 g/mol. The van der Waals surface area contributed by atoms with Crippen LogP contribution in [0.3, 0.4) is 0 Å². The molecule has 132 valence electrons. The summed E-state index contributed by atoms with van der Waals surface area (Å²) >= 11 is 1.65. The molecule has 0 N–H and O–H groups in total. The highest BCUT2D eigenvalue weighted by Crippen LogP contribution is 2.49. The first-order chi connectivity index (χ1) is 12.2. The molecule has 0 radical (unpaired) electrons. The molecule has 2 aromatic rings. The highest BCUT2D eigenvalue weighted by atomic mass is 32.1. The number of rotatable bonds is 5. The van der Waals surface area contributed by atoms with Crippen molar-refractivity contribution in [2.75, 3.05) is 19.7 Å². The molecular formula is C18H22N4O2S. The molecule has 0 aromatic carbocycles. The molecule has 0 bridgehead atoms. The molecule has 4 rings (SSSR count). The van der Waals surface area contributed by atoms with Gasteiger partial charge in [0, 0.05) is 23.9 Å². The van der Waals surface area contributed by atoms with Gasteiger partial charge in [-0.3, -0.25) is 4.79 Å². The van der Waals surface area contributed by atoms with Gasteiger partial charge in [-0.2, -0.15) is 10.2 Å². The molecule has 1 amide bonds. The fourth-order valence-corrected chi connectivity index (χ4v) is 4.84. The zero-order valence-corrected chi connectivity index (χ0v) is 15.2. The first kappa shape index (κ1) is 16.6. The van der Waals surface area contributed by atoms with E-state index in [-0.39, 0.29) is 11.3 Å². The van der Waals surface area contributed by atoms with E-state index in [0.717, 1.165) is 30.2 Å². The zero-order valence-electron chi connectivity index (χ0n) is 14.4. The van der Waals surface area contributed by atoms with Crippen molar-refractivity contribution in [3.05, 3.63) is 40.1 Å². The maximum Gasteiger partial charge on any atom is 0.255 e. The summed E-state index contributed by atoms with van der Waals surface area (Å²) in [6, 6.07) is 1.73. The number of thiazole rings is 1. The first-order valence-electron chi connectivity index (χ1n) is 8.71. The SMILES string of the molecule is Cc1nc(COC[C@@]23CCC[C@@H]2CN(C(=O)c2ccnnc2)C3)cs1. The Morgan fingerprint density at radius 3 is 3.16 bits per heavy atom. The van der Waals surface area contributed by atoms with Crippen LogP contribution in [0.15, 0.2) is 23.8 Å². The van der Waals surface area contributed by atoms with Gasteiger partial charge in [-0.05, 0) is 31.7 Å². The Hall–Kier alpha value is -1.86. The summed E-state index contributed by atoms with van der Waals surface area (Å²) in [7, 11) is 0. The molecule has 0 unspecified atom stereocenters. The van der Waals surface area contributed by atoms with E-state index in [0.29, 0.717) is 24.7 Å². The number of aryl methyl sites for hydroxylation is 1. The summed E-state index contributed by atoms with van der Waals surface area (Å²) in [5.41, 5.74) is 1.72. The van der Waals surface area contributed by atoms with Gasteiger partial charge in [0.2, 0.25) is 0 Å². The van der Waals surface area contributed by atoms with Gasteiger partial charge in [0.05, 0.1) is 41.9 Å². The van der Waals surface area contributed by atoms with Crippen LogP contribution in [-0.2, 0) is 11.3 Å². The largest absolute Gasteiger partial charge is 0.374 e. The predicted molar refractivity (Wildman–Crippen MR) is 94.2 cm³/mol. The van der Waals surface area contributed by atoms with Gasteiger partial charge in [0.25, 0.3) is 5.91 Å². The standard InChI is InChI=1S/C18H22N4O2S/c1-13-21-16(10-25-13)9-24-12-18-5-2-3-15(18)8-22(11-18)17(23)14-4-6-19-20-7-14/h4,6-7,10,15H,2-3,5,8-9,11-12H2,1H3/t15-,18+/m1/s1. The van der Waals surface area contributed by atoms with E-state index in [1.165, 1.54) is 12.8 Å². The number of amides is 1. The Bertz CT molecular complexity index is 751. The summed E-state index contributed by atoms with van der Waals surface area (Å²) in [5, 5.41) is 10.7. The number of carbonyl (C=O) groups is 1. The van der Waals surface area contributed by atoms with E-state index < -0.39 is 0 Å². The molecule has 1 saturated heterocycles. The lowest BCUT2D eigenvalue weighted by molar-refractivity contribution is 0.0254. The Labute approximate surface area is 151 Å². The van der Waals surface area contributed by atoms with Crippen LogP contribution in [0.4, 0.5) is 0 Å². The van der Waals surface area contributed by atoms with E-state index in [1.807, 2.05) is 11.8 Å². The van der Waals surface area contributed by atoms with Gasteiger partial charge in [-0.15, -0.1) is 11.3 Å². The van der Waals surface area contributed by atoms with Gasteiger partial charge in [0.1, 0.15) is 0 Å². The molecule has 1 aliphatic carbocycles. The van der Waals surface area contributed by atoms with Crippen LogP contribution >= 0.6 is 11.3 Å². The number of fused-ring (bicyclic) bond motifs is 1. The van der Waals surface area contributed by atoms with E-state index in [2.05, 4.69) is 20.6 Å². The van der Waals surface area contributed by atoms with Crippen LogP contribution in [0, 0.1) is 18.3 Å². The minimum absolute atomic E-state index is 0.0544. The molecule has 2 aliphatic rings. The van der Waals surface area contributed by atoms with Crippen LogP contribution in [0.5, 0.6) is 0 Å². The Balaban J connectivity index is 1.41. The number of carbonyl (C=O) groups excluding carboxylic acids is 1. The molecule has 6 nitrogen and oxygen atoms in total. The number of likely N-dealkylation sites (tertiary alicyclic amines) is 1. The monoisotopic (exact) mass is 358 g/mol. The Kier molecular flexibility index (Phi) is 4.52. The van der Waals surface area contributed by atoms with E-state index in [1.54, 1.807) is 29.8 Å². The second-order valence-electron chi connectivity index (χ2n) is 7.12. The number of ether oxygens (including phenoxy) is 1. The van der Waals surface area contributed by atoms with Gasteiger partial charge < -0.3 is 9.64 Å². The van der Waals surface area contributed by atoms with Crippen molar-refractivity contribution >= 4 is 17.2 Å². The average Bonchev–Trinajstić information content (AvgIpc) is 3.29. The van der Waals surface area contributed by atoms with Gasteiger partial charge in [-0.1, -0.05) is 6.42 Å². The lowest BCUT2D eigenvalue weighted by Gasteiger charge is -2.28. The number of hydrogen-bond acceptors (Lipinski definition) is 6. The van der Waals surface area contributed by atoms with Crippen molar-refractivity contribution < 1.29 is 9.53 Å². The van der Waals surface area contributed by atoms with Crippen LogP contribution < -0.4 is 0 Å². The summed E-state index contributed by atoms with van der Waals surface area (Å²) in [4.78, 5) is 19.2. The third-order valence-electron chi connectivity index (χ3n) is 5.46. The number of hydrogen-bond donors (Lipinski definition) is 0. The fraction of sp³-hybridized carbons (Fsp3) is 0.556. The van der Waals surface area contributed by atoms with Crippen LogP contribution in [0.1, 0.15) is 40.3 Å². The lowest BCUT2D eigenvalue weighted by atomic mass is 9.81. The molecule has 2 aromatic heterocycles. The van der Waals surface area contributed by atoms with Gasteiger partial charge in [-0.25, -0.2) is 4.98 Å². The zero-order chi connectivity index (χ0) is 17.3. The van der Waals surface area contributed by atoms with Crippen LogP contribution in [0.25, 0.3) is 0 Å². The molecule has 0 spiro atoms. The quantitative estimate of drug-likeness (QED) is 0.822. The normalized spacial score (nSPS) is 25.3. The molecular weight excluding hydrogens is 336 g/mol. The molecule has 7 heteroatoms. The summed E-state index contributed by atoms with van der Waals surface area (Å²) in [6.07, 6.45) is 6.65. The van der Waals surface area contributed by atoms with Crippen LogP contribution in [-0.4, -0.2) is 45.7 Å². The molecule has 1 aliphatic heterocycles. The smallest absolute Gasteiger partial charge is 0.255 e. The van der Waals surface area contributed by atoms with Gasteiger partial charge >= 0.3 is 0 Å². The summed E-state index contributed by atoms with van der Waals surface area (Å²) < 4.78 is 6.04. The van der Waals surface area contributed by atoms with Crippen molar-refractivity contribution in [3.8, 4) is 0 Å². The first-order valence-corrected chi connectivity index (χ1v) is 9.59. The Morgan fingerprint density at radius 2 is 2.40 bits per heavy atom. The highest BCUT2D eigenvalue weighted by molar-refractivity contribution is 7.09. The fourth-order valence-electron chi connectivity index (χ4n) is 4.24. The summed E-state index contributed by atoms with van der Waals surface area (Å²) in [5.74, 6) is 0.585. The van der Waals surface area contributed by atoms with E-state index in [9.17, 15) is 4.79 Å². The van der Waals surface area contributed by atoms with Crippen molar-refractivity contribution in [2.45, 2.75) is 32.8 Å². The molecule has 25 heavy (non-hydrogen) atoms. The maximum absolute atomic E-state index is 12.7. The predicted octanol–water partition coefficient (Wildman–Crippen LogP) is 2.70. The number of aromatic nitrogens is 3.